The van der Waals surface area contributed by atoms with Gasteiger partial charge in [-0.3, -0.25) is 4.79 Å². The lowest BCUT2D eigenvalue weighted by Gasteiger charge is -2.03. The highest BCUT2D eigenvalue weighted by Crippen LogP contribution is 2.20. The molecule has 0 saturated heterocycles. The average Bonchev–Trinajstić information content (AvgIpc) is 2.15. The van der Waals surface area contributed by atoms with Crippen molar-refractivity contribution in [1.82, 2.24) is 4.98 Å². The molecular weight excluding hydrogens is 185 g/mol. The lowest BCUT2D eigenvalue weighted by atomic mass is 10.1. The third-order valence-corrected chi connectivity index (χ3v) is 2.21. The Hall–Kier alpha value is -1.84. The molecule has 2 aromatic rings. The van der Waals surface area contributed by atoms with Crippen LogP contribution in [0.25, 0.3) is 10.9 Å². The van der Waals surface area contributed by atoms with Crippen LogP contribution in [-0.2, 0) is 0 Å². The number of nitrogens with one attached hydrogen (secondary N) is 1. The molecule has 0 aliphatic carbocycles. The number of aromatic nitrogens is 1. The van der Waals surface area contributed by atoms with Gasteiger partial charge in [0.25, 0.3) is 5.56 Å². The van der Waals surface area contributed by atoms with Gasteiger partial charge in [-0.1, -0.05) is 0 Å². The molecule has 2 rings (SSSR count). The van der Waals surface area contributed by atoms with Crippen molar-refractivity contribution in [3.05, 3.63) is 39.9 Å². The van der Waals surface area contributed by atoms with E-state index in [2.05, 4.69) is 4.98 Å². The second-order valence-corrected chi connectivity index (χ2v) is 3.12. The highest BCUT2D eigenvalue weighted by atomic mass is 19.1. The Morgan fingerprint density at radius 1 is 1.43 bits per heavy atom. The van der Waals surface area contributed by atoms with Crippen LogP contribution in [0.1, 0.15) is 5.56 Å². The summed E-state index contributed by atoms with van der Waals surface area (Å²) >= 11 is 0. The molecule has 0 unspecified atom stereocenters. The molecule has 72 valence electrons. The number of aromatic amines is 1. The standard InChI is InChI=1S/C10H8FNO2/c1-5-6-4-9(13)10(14)12-8(6)3-2-7(5)11/h2-4,13H,1H3,(H,12,14). The Bertz CT molecular complexity index is 560. The van der Waals surface area contributed by atoms with Crippen molar-refractivity contribution in [2.75, 3.05) is 0 Å². The maximum atomic E-state index is 13.1. The fraction of sp³-hybridized carbons (Fsp3) is 0.100. The van der Waals surface area contributed by atoms with Gasteiger partial charge in [-0.2, -0.15) is 0 Å². The zero-order valence-electron chi connectivity index (χ0n) is 7.47. The van der Waals surface area contributed by atoms with Gasteiger partial charge in [-0.15, -0.1) is 0 Å². The van der Waals surface area contributed by atoms with Crippen LogP contribution in [-0.4, -0.2) is 10.1 Å². The minimum absolute atomic E-state index is 0.357. The van der Waals surface area contributed by atoms with E-state index in [9.17, 15) is 9.18 Å². The van der Waals surface area contributed by atoms with Crippen LogP contribution in [0, 0.1) is 12.7 Å². The van der Waals surface area contributed by atoms with Gasteiger partial charge >= 0.3 is 0 Å². The van der Waals surface area contributed by atoms with Gasteiger partial charge in [0.05, 0.1) is 0 Å². The van der Waals surface area contributed by atoms with Gasteiger partial charge in [0, 0.05) is 10.9 Å². The van der Waals surface area contributed by atoms with E-state index in [4.69, 9.17) is 5.11 Å². The van der Waals surface area contributed by atoms with Gasteiger partial charge in [-0.05, 0) is 30.7 Å². The molecule has 0 fully saturated rings. The Labute approximate surface area is 78.8 Å². The molecule has 0 radical (unpaired) electrons. The summed E-state index contributed by atoms with van der Waals surface area (Å²) in [4.78, 5) is 13.5. The van der Waals surface area contributed by atoms with Gasteiger partial charge < -0.3 is 10.1 Å². The quantitative estimate of drug-likeness (QED) is 0.668. The number of halogens is 1. The van der Waals surface area contributed by atoms with Crippen LogP contribution < -0.4 is 5.56 Å². The molecule has 0 saturated carbocycles. The van der Waals surface area contributed by atoms with Crippen molar-refractivity contribution in [2.45, 2.75) is 6.92 Å². The first kappa shape index (κ1) is 8.74. The van der Waals surface area contributed by atoms with Crippen LogP contribution in [0.5, 0.6) is 5.75 Å². The van der Waals surface area contributed by atoms with E-state index in [1.807, 2.05) is 0 Å². The second kappa shape index (κ2) is 2.83. The molecule has 0 spiro atoms. The van der Waals surface area contributed by atoms with Gasteiger partial charge in [0.1, 0.15) is 5.82 Å². The highest BCUT2D eigenvalue weighted by molar-refractivity contribution is 5.83. The molecule has 0 atom stereocenters. The van der Waals surface area contributed by atoms with Crippen molar-refractivity contribution in [1.29, 1.82) is 0 Å². The zero-order valence-corrected chi connectivity index (χ0v) is 7.47. The molecule has 3 nitrogen and oxygen atoms in total. The van der Waals surface area contributed by atoms with Crippen molar-refractivity contribution in [3.8, 4) is 5.75 Å². The number of H-pyrrole nitrogens is 1. The molecule has 0 aliphatic rings. The maximum Gasteiger partial charge on any atom is 0.290 e. The predicted molar refractivity (Wildman–Crippen MR) is 50.9 cm³/mol. The molecule has 1 aromatic carbocycles. The first-order valence-electron chi connectivity index (χ1n) is 4.10. The van der Waals surface area contributed by atoms with Gasteiger partial charge in [0.15, 0.2) is 5.75 Å². The second-order valence-electron chi connectivity index (χ2n) is 3.12. The zero-order chi connectivity index (χ0) is 10.3. The number of benzene rings is 1. The molecular formula is C10H8FNO2. The smallest absolute Gasteiger partial charge is 0.290 e. The minimum Gasteiger partial charge on any atom is -0.503 e. The summed E-state index contributed by atoms with van der Waals surface area (Å²) in [5.74, 6) is -0.754. The minimum atomic E-state index is -0.566. The first-order chi connectivity index (χ1) is 6.59. The summed E-state index contributed by atoms with van der Waals surface area (Å²) in [6.07, 6.45) is 0. The van der Waals surface area contributed by atoms with Crippen molar-refractivity contribution in [3.63, 3.8) is 0 Å². The fourth-order valence-electron chi connectivity index (χ4n) is 1.39. The molecule has 0 aliphatic heterocycles. The van der Waals surface area contributed by atoms with Crippen LogP contribution in [0.15, 0.2) is 23.0 Å². The molecule has 0 amide bonds. The van der Waals surface area contributed by atoms with E-state index in [0.29, 0.717) is 16.5 Å². The Kier molecular flexibility index (Phi) is 1.77. The van der Waals surface area contributed by atoms with E-state index >= 15 is 0 Å². The first-order valence-corrected chi connectivity index (χ1v) is 4.10. The predicted octanol–water partition coefficient (Wildman–Crippen LogP) is 1.68. The fourth-order valence-corrected chi connectivity index (χ4v) is 1.39. The third-order valence-electron chi connectivity index (χ3n) is 2.21. The van der Waals surface area contributed by atoms with Crippen molar-refractivity contribution < 1.29 is 9.50 Å². The number of hydrogen-bond donors (Lipinski definition) is 2. The van der Waals surface area contributed by atoms with Gasteiger partial charge in [0.2, 0.25) is 0 Å². The van der Waals surface area contributed by atoms with Crippen molar-refractivity contribution >= 4 is 10.9 Å². The topological polar surface area (TPSA) is 53.1 Å². The third kappa shape index (κ3) is 1.16. The van der Waals surface area contributed by atoms with E-state index in [1.54, 1.807) is 6.92 Å². The summed E-state index contributed by atoms with van der Waals surface area (Å²) in [6, 6.07) is 4.02. The highest BCUT2D eigenvalue weighted by Gasteiger charge is 2.06. The van der Waals surface area contributed by atoms with Gasteiger partial charge in [-0.25, -0.2) is 4.39 Å². The number of aromatic hydroxyl groups is 1. The summed E-state index contributed by atoms with van der Waals surface area (Å²) in [6.45, 7) is 1.59. The van der Waals surface area contributed by atoms with Crippen LogP contribution >= 0.6 is 0 Å². The summed E-state index contributed by atoms with van der Waals surface area (Å²) in [5, 5.41) is 9.68. The largest absolute Gasteiger partial charge is 0.503 e. The number of aryl methyl sites for hydroxylation is 1. The Balaban J connectivity index is 2.97. The summed E-state index contributed by atoms with van der Waals surface area (Å²) in [5.41, 5.74) is 0.365. The monoisotopic (exact) mass is 193 g/mol. The van der Waals surface area contributed by atoms with E-state index in [0.717, 1.165) is 0 Å². The number of rotatable bonds is 0. The normalized spacial score (nSPS) is 10.7. The summed E-state index contributed by atoms with van der Waals surface area (Å²) < 4.78 is 13.1. The van der Waals surface area contributed by atoms with Crippen molar-refractivity contribution in [2.24, 2.45) is 0 Å². The Morgan fingerprint density at radius 2 is 2.14 bits per heavy atom. The van der Waals surface area contributed by atoms with Crippen LogP contribution in [0.4, 0.5) is 4.39 Å². The maximum absolute atomic E-state index is 13.1. The molecule has 2 N–H and O–H groups in total. The molecule has 0 bridgehead atoms. The van der Waals surface area contributed by atoms with E-state index in [-0.39, 0.29) is 5.82 Å². The SMILES string of the molecule is Cc1c(F)ccc2[nH]c(=O)c(O)cc12. The number of fused-ring (bicyclic) bond motifs is 1. The average molecular weight is 193 g/mol. The number of pyridine rings is 1. The molecule has 4 heteroatoms. The lowest BCUT2D eigenvalue weighted by Crippen LogP contribution is -2.05. The van der Waals surface area contributed by atoms with Crippen LogP contribution in [0.3, 0.4) is 0 Å². The van der Waals surface area contributed by atoms with E-state index in [1.165, 1.54) is 18.2 Å². The lowest BCUT2D eigenvalue weighted by molar-refractivity contribution is 0.468. The molecule has 1 aromatic heterocycles. The molecule has 14 heavy (non-hydrogen) atoms. The van der Waals surface area contributed by atoms with E-state index < -0.39 is 11.3 Å². The molecule has 1 heterocycles. The number of hydrogen-bond acceptors (Lipinski definition) is 2. The summed E-state index contributed by atoms with van der Waals surface area (Å²) in [7, 11) is 0. The van der Waals surface area contributed by atoms with Crippen LogP contribution in [0.2, 0.25) is 0 Å². The Morgan fingerprint density at radius 3 is 2.86 bits per heavy atom.